The Bertz CT molecular complexity index is 1160. The number of H-pyrrole nitrogens is 1. The van der Waals surface area contributed by atoms with E-state index in [-0.39, 0.29) is 17.2 Å². The van der Waals surface area contributed by atoms with Crippen LogP contribution in [-0.2, 0) is 6.18 Å². The molecule has 0 spiro atoms. The van der Waals surface area contributed by atoms with Crippen molar-refractivity contribution in [2.45, 2.75) is 19.1 Å². The van der Waals surface area contributed by atoms with Gasteiger partial charge in [-0.3, -0.25) is 4.79 Å². The van der Waals surface area contributed by atoms with Crippen LogP contribution in [0.25, 0.3) is 22.3 Å². The van der Waals surface area contributed by atoms with E-state index < -0.39 is 17.8 Å². The fourth-order valence-corrected chi connectivity index (χ4v) is 2.94. The van der Waals surface area contributed by atoms with Crippen molar-refractivity contribution in [3.8, 4) is 11.4 Å². The van der Waals surface area contributed by atoms with Gasteiger partial charge in [-0.2, -0.15) is 18.0 Å². The predicted molar refractivity (Wildman–Crippen MR) is 95.6 cm³/mol. The highest BCUT2D eigenvalue weighted by Gasteiger charge is 2.31. The number of nitrogens with zero attached hydrogens (tertiary/aromatic N) is 4. The third-order valence-electron chi connectivity index (χ3n) is 4.46. The Balaban J connectivity index is 1.63. The molecule has 0 aliphatic carbocycles. The van der Waals surface area contributed by atoms with Crippen LogP contribution in [0, 0.1) is 0 Å². The molecule has 0 aliphatic heterocycles. The van der Waals surface area contributed by atoms with Gasteiger partial charge in [0.05, 0.1) is 5.56 Å². The van der Waals surface area contributed by atoms with Crippen molar-refractivity contribution in [1.29, 1.82) is 0 Å². The summed E-state index contributed by atoms with van der Waals surface area (Å²) in [5, 5.41) is 12.6. The number of rotatable bonds is 4. The molecule has 0 fully saturated rings. The van der Waals surface area contributed by atoms with Crippen LogP contribution < -0.4 is 0 Å². The summed E-state index contributed by atoms with van der Waals surface area (Å²) in [5.41, 5.74) is 0.687. The first-order valence-electron chi connectivity index (χ1n) is 8.42. The summed E-state index contributed by atoms with van der Waals surface area (Å²) in [6.07, 6.45) is -2.85. The quantitative estimate of drug-likeness (QED) is 0.532. The van der Waals surface area contributed by atoms with Crippen LogP contribution >= 0.6 is 0 Å². The molecule has 0 amide bonds. The van der Waals surface area contributed by atoms with Gasteiger partial charge < -0.3 is 4.98 Å². The average Bonchev–Trinajstić information content (AvgIpc) is 3.34. The minimum atomic E-state index is -4.47. The molecule has 6 nitrogen and oxygen atoms in total. The van der Waals surface area contributed by atoms with Gasteiger partial charge in [-0.1, -0.05) is 30.3 Å². The first kappa shape index (κ1) is 17.9. The zero-order chi connectivity index (χ0) is 19.9. The Labute approximate surface area is 157 Å². The number of aromatic nitrogens is 5. The van der Waals surface area contributed by atoms with E-state index in [1.165, 1.54) is 12.1 Å². The van der Waals surface area contributed by atoms with Crippen molar-refractivity contribution in [1.82, 2.24) is 25.2 Å². The lowest BCUT2D eigenvalue weighted by atomic mass is 10.1. The van der Waals surface area contributed by atoms with E-state index >= 15 is 0 Å². The summed E-state index contributed by atoms with van der Waals surface area (Å²) >= 11 is 0. The molecule has 0 saturated heterocycles. The van der Waals surface area contributed by atoms with Gasteiger partial charge in [0.25, 0.3) is 0 Å². The Morgan fingerprint density at radius 2 is 1.93 bits per heavy atom. The highest BCUT2D eigenvalue weighted by molar-refractivity contribution is 6.09. The number of hydrogen-bond acceptors (Lipinski definition) is 4. The SMILES string of the molecule is CC(C(=O)c1c[nH]c2ccccc12)n1nnc(-c2cccc(C(F)(F)F)c2)n1. The molecule has 142 valence electrons. The van der Waals surface area contributed by atoms with E-state index in [2.05, 4.69) is 20.4 Å². The molecule has 0 saturated carbocycles. The second-order valence-electron chi connectivity index (χ2n) is 6.30. The molecule has 9 heteroatoms. The lowest BCUT2D eigenvalue weighted by molar-refractivity contribution is -0.137. The fourth-order valence-electron chi connectivity index (χ4n) is 2.94. The Morgan fingerprint density at radius 1 is 1.14 bits per heavy atom. The average molecular weight is 385 g/mol. The van der Waals surface area contributed by atoms with Gasteiger partial charge in [-0.25, -0.2) is 0 Å². The summed E-state index contributed by atoms with van der Waals surface area (Å²) in [6.45, 7) is 1.61. The minimum absolute atomic E-state index is 0.0182. The summed E-state index contributed by atoms with van der Waals surface area (Å²) in [7, 11) is 0. The van der Waals surface area contributed by atoms with E-state index in [9.17, 15) is 18.0 Å². The molecule has 2 heterocycles. The van der Waals surface area contributed by atoms with Gasteiger partial charge in [0.1, 0.15) is 6.04 Å². The van der Waals surface area contributed by atoms with Crippen molar-refractivity contribution in [2.75, 3.05) is 0 Å². The summed E-state index contributed by atoms with van der Waals surface area (Å²) < 4.78 is 38.7. The maximum Gasteiger partial charge on any atom is 0.416 e. The Kier molecular flexibility index (Phi) is 4.21. The highest BCUT2D eigenvalue weighted by atomic mass is 19.4. The number of para-hydroxylation sites is 1. The number of halogens is 3. The molecule has 28 heavy (non-hydrogen) atoms. The molecular formula is C19H14F3N5O. The number of Topliss-reactive ketones (excluding diaryl/α,β-unsaturated/α-hetero) is 1. The van der Waals surface area contributed by atoms with Gasteiger partial charge in [-0.15, -0.1) is 10.2 Å². The zero-order valence-corrected chi connectivity index (χ0v) is 14.6. The van der Waals surface area contributed by atoms with Gasteiger partial charge in [0.15, 0.2) is 5.78 Å². The maximum absolute atomic E-state index is 12.9. The van der Waals surface area contributed by atoms with Crippen molar-refractivity contribution in [3.05, 3.63) is 65.9 Å². The number of ketones is 1. The number of alkyl halides is 3. The van der Waals surface area contributed by atoms with Crippen molar-refractivity contribution >= 4 is 16.7 Å². The van der Waals surface area contributed by atoms with Gasteiger partial charge in [0.2, 0.25) is 5.82 Å². The monoisotopic (exact) mass is 385 g/mol. The van der Waals surface area contributed by atoms with Crippen LogP contribution in [-0.4, -0.2) is 31.0 Å². The van der Waals surface area contributed by atoms with Crippen LogP contribution in [0.2, 0.25) is 0 Å². The van der Waals surface area contributed by atoms with Gasteiger partial charge in [0, 0.05) is 28.2 Å². The van der Waals surface area contributed by atoms with Crippen LogP contribution in [0.4, 0.5) is 13.2 Å². The van der Waals surface area contributed by atoms with Crippen LogP contribution in [0.3, 0.4) is 0 Å². The molecular weight excluding hydrogens is 371 g/mol. The number of fused-ring (bicyclic) bond motifs is 1. The number of tetrazole rings is 1. The molecule has 1 atom stereocenters. The molecule has 1 unspecified atom stereocenters. The fraction of sp³-hybridized carbons (Fsp3) is 0.158. The summed E-state index contributed by atoms with van der Waals surface area (Å²) in [5.74, 6) is -0.213. The number of hydrogen-bond donors (Lipinski definition) is 1. The second kappa shape index (κ2) is 6.59. The number of nitrogens with one attached hydrogen (secondary N) is 1. The lowest BCUT2D eigenvalue weighted by Gasteiger charge is -2.08. The largest absolute Gasteiger partial charge is 0.416 e. The number of aromatic amines is 1. The normalized spacial score (nSPS) is 13.0. The smallest absolute Gasteiger partial charge is 0.360 e. The van der Waals surface area contributed by atoms with Gasteiger partial charge in [-0.05, 0) is 30.3 Å². The first-order valence-corrected chi connectivity index (χ1v) is 8.42. The van der Waals surface area contributed by atoms with E-state index in [4.69, 9.17) is 0 Å². The van der Waals surface area contributed by atoms with E-state index in [0.717, 1.165) is 27.8 Å². The Hall–Kier alpha value is -3.49. The second-order valence-corrected chi connectivity index (χ2v) is 6.30. The van der Waals surface area contributed by atoms with Crippen molar-refractivity contribution < 1.29 is 18.0 Å². The third kappa shape index (κ3) is 3.15. The number of carbonyl (C=O) groups is 1. The molecule has 4 aromatic rings. The summed E-state index contributed by atoms with van der Waals surface area (Å²) in [4.78, 5) is 17.0. The van der Waals surface area contributed by atoms with E-state index in [1.54, 1.807) is 13.1 Å². The standard InChI is InChI=1S/C19H14F3N5O/c1-11(17(28)15-10-23-16-8-3-2-7-14(15)16)27-25-18(24-26-27)12-5-4-6-13(9-12)19(20,21)22/h2-11,23H,1H3. The summed E-state index contributed by atoms with van der Waals surface area (Å²) in [6, 6.07) is 11.3. The molecule has 2 aromatic heterocycles. The van der Waals surface area contributed by atoms with Crippen LogP contribution in [0.1, 0.15) is 28.9 Å². The predicted octanol–water partition coefficient (Wildman–Crippen LogP) is 4.28. The van der Waals surface area contributed by atoms with Crippen LogP contribution in [0.5, 0.6) is 0 Å². The Morgan fingerprint density at radius 3 is 2.71 bits per heavy atom. The first-order chi connectivity index (χ1) is 13.3. The van der Waals surface area contributed by atoms with Crippen LogP contribution in [0.15, 0.2) is 54.7 Å². The third-order valence-corrected chi connectivity index (χ3v) is 4.46. The maximum atomic E-state index is 12.9. The molecule has 4 rings (SSSR count). The topological polar surface area (TPSA) is 76.5 Å². The van der Waals surface area contributed by atoms with E-state index in [1.807, 2.05) is 24.3 Å². The minimum Gasteiger partial charge on any atom is -0.360 e. The molecule has 0 radical (unpaired) electrons. The highest BCUT2D eigenvalue weighted by Crippen LogP contribution is 2.31. The number of carbonyl (C=O) groups excluding carboxylic acids is 1. The number of benzene rings is 2. The van der Waals surface area contributed by atoms with Crippen molar-refractivity contribution in [3.63, 3.8) is 0 Å². The van der Waals surface area contributed by atoms with Crippen molar-refractivity contribution in [2.24, 2.45) is 0 Å². The molecule has 0 bridgehead atoms. The molecule has 1 N–H and O–H groups in total. The lowest BCUT2D eigenvalue weighted by Crippen LogP contribution is -2.19. The zero-order valence-electron chi connectivity index (χ0n) is 14.6. The molecule has 0 aliphatic rings. The van der Waals surface area contributed by atoms with E-state index in [0.29, 0.717) is 5.56 Å². The van der Waals surface area contributed by atoms with Gasteiger partial charge >= 0.3 is 6.18 Å². The molecule has 2 aromatic carbocycles.